The number of thiophene rings is 1. The Hall–Kier alpha value is -1.41. The van der Waals surface area contributed by atoms with Crippen LogP contribution in [0.1, 0.15) is 9.67 Å². The normalized spacial score (nSPS) is 10.5. The third kappa shape index (κ3) is 2.16. The molecule has 15 heavy (non-hydrogen) atoms. The molecule has 0 unspecified atom stereocenters. The smallest absolute Gasteiger partial charge is 0.345 e. The van der Waals surface area contributed by atoms with Crippen molar-refractivity contribution in [2.75, 3.05) is 0 Å². The summed E-state index contributed by atoms with van der Waals surface area (Å²) in [5.41, 5.74) is 0. The molecule has 0 aliphatic carbocycles. The van der Waals surface area contributed by atoms with E-state index in [2.05, 4.69) is 15.5 Å². The highest BCUT2D eigenvalue weighted by Gasteiger charge is 2.10. The molecule has 1 N–H and O–H groups in total. The summed E-state index contributed by atoms with van der Waals surface area (Å²) in [7, 11) is 1.73. The summed E-state index contributed by atoms with van der Waals surface area (Å²) in [5.74, 6) is -0.914. The summed E-state index contributed by atoms with van der Waals surface area (Å²) >= 11 is 2.52. The van der Waals surface area contributed by atoms with E-state index < -0.39 is 5.97 Å². The molecule has 0 saturated heterocycles. The molecule has 6 nitrogen and oxygen atoms in total. The van der Waals surface area contributed by atoms with Crippen LogP contribution < -0.4 is 0 Å². The van der Waals surface area contributed by atoms with E-state index >= 15 is 0 Å². The minimum Gasteiger partial charge on any atom is -0.477 e. The minimum absolute atomic E-state index is 0.313. The van der Waals surface area contributed by atoms with Gasteiger partial charge in [-0.1, -0.05) is 0 Å². The van der Waals surface area contributed by atoms with E-state index in [9.17, 15) is 4.79 Å². The molecule has 0 atom stereocenters. The molecule has 0 fully saturated rings. The lowest BCUT2D eigenvalue weighted by Crippen LogP contribution is -1.92. The standard InChI is InChI=1S/C7H6N4O2S2/c1-11-7(8-9-10-11)15-4-2-5(6(12)13)14-3-4/h2-3H,1H3,(H,12,13). The van der Waals surface area contributed by atoms with E-state index in [0.717, 1.165) is 4.90 Å². The average molecular weight is 242 g/mol. The van der Waals surface area contributed by atoms with E-state index in [1.54, 1.807) is 18.5 Å². The maximum absolute atomic E-state index is 10.6. The number of hydrogen-bond acceptors (Lipinski definition) is 6. The topological polar surface area (TPSA) is 80.9 Å². The number of tetrazole rings is 1. The Bertz CT molecular complexity index is 493. The molecule has 0 bridgehead atoms. The van der Waals surface area contributed by atoms with Crippen molar-refractivity contribution >= 4 is 29.1 Å². The van der Waals surface area contributed by atoms with Crippen LogP contribution in [-0.2, 0) is 7.05 Å². The fraction of sp³-hybridized carbons (Fsp3) is 0.143. The highest BCUT2D eigenvalue weighted by Crippen LogP contribution is 2.29. The first-order valence-electron chi connectivity index (χ1n) is 3.89. The van der Waals surface area contributed by atoms with Crippen LogP contribution in [0.3, 0.4) is 0 Å². The SMILES string of the molecule is Cn1nnnc1Sc1csc(C(=O)O)c1. The number of aromatic nitrogens is 4. The van der Waals surface area contributed by atoms with Crippen molar-refractivity contribution in [1.82, 2.24) is 20.2 Å². The summed E-state index contributed by atoms with van der Waals surface area (Å²) in [6.45, 7) is 0. The number of rotatable bonds is 3. The van der Waals surface area contributed by atoms with Gasteiger partial charge in [-0.3, -0.25) is 0 Å². The molecular formula is C7H6N4O2S2. The van der Waals surface area contributed by atoms with Crippen molar-refractivity contribution in [2.24, 2.45) is 7.05 Å². The molecule has 0 aliphatic heterocycles. The highest BCUT2D eigenvalue weighted by atomic mass is 32.2. The largest absolute Gasteiger partial charge is 0.477 e. The molecular weight excluding hydrogens is 236 g/mol. The average Bonchev–Trinajstić information content (AvgIpc) is 2.77. The lowest BCUT2D eigenvalue weighted by Gasteiger charge is -1.93. The Morgan fingerprint density at radius 3 is 3.00 bits per heavy atom. The van der Waals surface area contributed by atoms with E-state index in [4.69, 9.17) is 5.11 Å². The van der Waals surface area contributed by atoms with Crippen molar-refractivity contribution in [3.63, 3.8) is 0 Å². The number of nitrogens with zero attached hydrogens (tertiary/aromatic N) is 4. The number of carbonyl (C=O) groups is 1. The molecule has 2 aromatic heterocycles. The van der Waals surface area contributed by atoms with Gasteiger partial charge in [-0.15, -0.1) is 16.4 Å². The van der Waals surface area contributed by atoms with E-state index in [-0.39, 0.29) is 0 Å². The zero-order valence-corrected chi connectivity index (χ0v) is 9.25. The van der Waals surface area contributed by atoms with Gasteiger partial charge in [0.2, 0.25) is 5.16 Å². The Morgan fingerprint density at radius 1 is 1.67 bits per heavy atom. The summed E-state index contributed by atoms with van der Waals surface area (Å²) in [5, 5.41) is 22.1. The number of carboxylic acid groups (broad SMARTS) is 1. The summed E-state index contributed by atoms with van der Waals surface area (Å²) in [4.78, 5) is 11.8. The molecule has 0 radical (unpaired) electrons. The molecule has 78 valence electrons. The van der Waals surface area contributed by atoms with Crippen LogP contribution in [0.25, 0.3) is 0 Å². The molecule has 0 aromatic carbocycles. The van der Waals surface area contributed by atoms with Crippen LogP contribution in [0.5, 0.6) is 0 Å². The molecule has 0 aliphatic rings. The van der Waals surface area contributed by atoms with Crippen LogP contribution in [0, 0.1) is 0 Å². The molecule has 2 aromatic rings. The summed E-state index contributed by atoms with van der Waals surface area (Å²) < 4.78 is 1.53. The van der Waals surface area contributed by atoms with Crippen LogP contribution in [0.15, 0.2) is 21.5 Å². The minimum atomic E-state index is -0.914. The second-order valence-electron chi connectivity index (χ2n) is 2.64. The lowest BCUT2D eigenvalue weighted by molar-refractivity contribution is 0.0702. The second-order valence-corrected chi connectivity index (χ2v) is 4.59. The van der Waals surface area contributed by atoms with Crippen molar-refractivity contribution in [2.45, 2.75) is 10.1 Å². The molecule has 8 heteroatoms. The van der Waals surface area contributed by atoms with Crippen LogP contribution in [0.2, 0.25) is 0 Å². The first kappa shape index (κ1) is 10.1. The molecule has 0 saturated carbocycles. The zero-order chi connectivity index (χ0) is 10.8. The van der Waals surface area contributed by atoms with Crippen molar-refractivity contribution < 1.29 is 9.90 Å². The first-order chi connectivity index (χ1) is 7.16. The Labute approximate surface area is 92.9 Å². The van der Waals surface area contributed by atoms with Gasteiger partial charge in [0.15, 0.2) is 0 Å². The van der Waals surface area contributed by atoms with Gasteiger partial charge >= 0.3 is 5.97 Å². The Morgan fingerprint density at radius 2 is 2.47 bits per heavy atom. The monoisotopic (exact) mass is 242 g/mol. The van der Waals surface area contributed by atoms with Gasteiger partial charge in [-0.2, -0.15) is 0 Å². The Balaban J connectivity index is 2.18. The maximum atomic E-state index is 10.6. The molecule has 0 spiro atoms. The van der Waals surface area contributed by atoms with Gasteiger partial charge in [-0.05, 0) is 28.3 Å². The summed E-state index contributed by atoms with van der Waals surface area (Å²) in [6.07, 6.45) is 0. The van der Waals surface area contributed by atoms with Gasteiger partial charge in [0.1, 0.15) is 4.88 Å². The van der Waals surface area contributed by atoms with Gasteiger partial charge in [-0.25, -0.2) is 9.48 Å². The predicted molar refractivity (Wildman–Crippen MR) is 54.2 cm³/mol. The van der Waals surface area contributed by atoms with Crippen molar-refractivity contribution in [3.05, 3.63) is 16.3 Å². The number of hydrogen-bond donors (Lipinski definition) is 1. The van der Waals surface area contributed by atoms with Crippen molar-refractivity contribution in [1.29, 1.82) is 0 Å². The quantitative estimate of drug-likeness (QED) is 0.868. The fourth-order valence-corrected chi connectivity index (χ4v) is 2.55. The Kier molecular flexibility index (Phi) is 2.69. The predicted octanol–water partition coefficient (Wildman–Crippen LogP) is 1.12. The zero-order valence-electron chi connectivity index (χ0n) is 7.62. The van der Waals surface area contributed by atoms with E-state index in [1.165, 1.54) is 27.8 Å². The van der Waals surface area contributed by atoms with Gasteiger partial charge in [0.05, 0.1) is 0 Å². The number of aromatic carboxylic acids is 1. The molecule has 2 heterocycles. The highest BCUT2D eigenvalue weighted by molar-refractivity contribution is 7.99. The first-order valence-corrected chi connectivity index (χ1v) is 5.58. The van der Waals surface area contributed by atoms with E-state index in [1.807, 2.05) is 0 Å². The maximum Gasteiger partial charge on any atom is 0.345 e. The summed E-state index contributed by atoms with van der Waals surface area (Å²) in [6, 6.07) is 1.60. The third-order valence-corrected chi connectivity index (χ3v) is 3.64. The van der Waals surface area contributed by atoms with Crippen LogP contribution >= 0.6 is 23.1 Å². The van der Waals surface area contributed by atoms with Gasteiger partial charge in [0.25, 0.3) is 0 Å². The lowest BCUT2D eigenvalue weighted by atomic mass is 10.5. The third-order valence-electron chi connectivity index (χ3n) is 1.58. The van der Waals surface area contributed by atoms with Gasteiger partial charge in [0, 0.05) is 17.3 Å². The van der Waals surface area contributed by atoms with Crippen molar-refractivity contribution in [3.8, 4) is 0 Å². The van der Waals surface area contributed by atoms with Crippen LogP contribution in [-0.4, -0.2) is 31.3 Å². The van der Waals surface area contributed by atoms with Gasteiger partial charge < -0.3 is 5.11 Å². The fourth-order valence-electron chi connectivity index (χ4n) is 0.898. The molecule has 2 rings (SSSR count). The second kappa shape index (κ2) is 3.99. The van der Waals surface area contributed by atoms with E-state index in [0.29, 0.717) is 10.0 Å². The molecule has 0 amide bonds. The van der Waals surface area contributed by atoms with Crippen LogP contribution in [0.4, 0.5) is 0 Å². The number of aryl methyl sites for hydroxylation is 1. The number of carboxylic acids is 1.